The number of rotatable bonds is 9. The van der Waals surface area contributed by atoms with Crippen molar-refractivity contribution in [2.24, 2.45) is 0 Å². The van der Waals surface area contributed by atoms with Crippen LogP contribution in [-0.4, -0.2) is 38.0 Å². The minimum atomic E-state index is -3.88. The van der Waals surface area contributed by atoms with Gasteiger partial charge in [-0.2, -0.15) is 0 Å². The fourth-order valence-corrected chi connectivity index (χ4v) is 3.57. The van der Waals surface area contributed by atoms with E-state index in [4.69, 9.17) is 9.47 Å². The Morgan fingerprint density at radius 3 is 2.55 bits per heavy atom. The monoisotopic (exact) mass is 442 g/mol. The summed E-state index contributed by atoms with van der Waals surface area (Å²) in [6.07, 6.45) is 2.06. The fraction of sp³-hybridized carbons (Fsp3) is 0.190. The van der Waals surface area contributed by atoms with Crippen molar-refractivity contribution >= 4 is 27.4 Å². The molecule has 0 saturated heterocycles. The van der Waals surface area contributed by atoms with Crippen LogP contribution in [0, 0.1) is 0 Å². The number of carbonyl (C=O) groups excluding carboxylic acids is 1. The molecule has 10 heteroatoms. The molecule has 0 fully saturated rings. The molecule has 0 atom stereocenters. The Bertz CT molecular complexity index is 1150. The number of amides is 1. The number of anilines is 2. The van der Waals surface area contributed by atoms with Gasteiger partial charge in [0.2, 0.25) is 5.88 Å². The third-order valence-corrected chi connectivity index (χ3v) is 5.45. The summed E-state index contributed by atoms with van der Waals surface area (Å²) < 4.78 is 38.0. The first-order chi connectivity index (χ1) is 14.9. The van der Waals surface area contributed by atoms with E-state index >= 15 is 0 Å². The zero-order chi connectivity index (χ0) is 22.3. The molecule has 1 amide bonds. The number of carbonyl (C=O) groups is 1. The maximum Gasteiger partial charge on any atom is 0.263 e. The largest absolute Gasteiger partial charge is 0.494 e. The number of methoxy groups -OCH3 is 1. The van der Waals surface area contributed by atoms with Crippen LogP contribution in [-0.2, 0) is 10.0 Å². The van der Waals surface area contributed by atoms with E-state index in [1.165, 1.54) is 43.8 Å². The van der Waals surface area contributed by atoms with Crippen molar-refractivity contribution < 1.29 is 22.7 Å². The number of aromatic nitrogens is 2. The molecule has 2 aromatic carbocycles. The lowest BCUT2D eigenvalue weighted by atomic mass is 10.2. The van der Waals surface area contributed by atoms with Gasteiger partial charge in [-0.25, -0.2) is 18.4 Å². The third kappa shape index (κ3) is 5.92. The van der Waals surface area contributed by atoms with Crippen LogP contribution in [0.15, 0.2) is 65.8 Å². The number of nitrogens with zero attached hydrogens (tertiary/aromatic N) is 2. The fourth-order valence-electron chi connectivity index (χ4n) is 2.57. The van der Waals surface area contributed by atoms with E-state index in [0.29, 0.717) is 23.6 Å². The molecule has 9 nitrogen and oxygen atoms in total. The maximum absolute atomic E-state index is 12.6. The Balaban J connectivity index is 1.68. The van der Waals surface area contributed by atoms with Crippen LogP contribution in [0.1, 0.15) is 23.7 Å². The summed E-state index contributed by atoms with van der Waals surface area (Å²) in [5, 5.41) is 2.74. The van der Waals surface area contributed by atoms with Crippen molar-refractivity contribution in [2.75, 3.05) is 23.8 Å². The highest BCUT2D eigenvalue weighted by Crippen LogP contribution is 2.20. The smallest absolute Gasteiger partial charge is 0.263 e. The molecule has 0 saturated carbocycles. The molecule has 0 unspecified atom stereocenters. The van der Waals surface area contributed by atoms with E-state index in [-0.39, 0.29) is 22.5 Å². The van der Waals surface area contributed by atoms with Crippen molar-refractivity contribution in [3.63, 3.8) is 0 Å². The number of hydrogen-bond donors (Lipinski definition) is 2. The molecule has 2 N–H and O–H groups in total. The number of benzene rings is 2. The minimum Gasteiger partial charge on any atom is -0.494 e. The minimum absolute atomic E-state index is 0.0121. The van der Waals surface area contributed by atoms with Crippen LogP contribution < -0.4 is 19.5 Å². The number of ether oxygens (including phenoxy) is 2. The van der Waals surface area contributed by atoms with Crippen molar-refractivity contribution in [3.8, 4) is 11.6 Å². The Kier molecular flexibility index (Phi) is 7.03. The lowest BCUT2D eigenvalue weighted by Gasteiger charge is -2.10. The molecule has 1 heterocycles. The van der Waals surface area contributed by atoms with Gasteiger partial charge in [0.1, 0.15) is 17.9 Å². The van der Waals surface area contributed by atoms with Gasteiger partial charge in [-0.15, -0.1) is 0 Å². The van der Waals surface area contributed by atoms with Crippen molar-refractivity contribution in [3.05, 3.63) is 66.5 Å². The predicted octanol–water partition coefficient (Wildman–Crippen LogP) is 3.33. The van der Waals surface area contributed by atoms with Gasteiger partial charge in [-0.05, 0) is 48.9 Å². The van der Waals surface area contributed by atoms with Crippen LogP contribution in [0.4, 0.5) is 11.5 Å². The first-order valence-corrected chi connectivity index (χ1v) is 10.9. The second kappa shape index (κ2) is 9.90. The van der Waals surface area contributed by atoms with Crippen LogP contribution in [0.25, 0.3) is 0 Å². The van der Waals surface area contributed by atoms with Gasteiger partial charge in [-0.3, -0.25) is 9.52 Å². The van der Waals surface area contributed by atoms with E-state index in [9.17, 15) is 13.2 Å². The summed E-state index contributed by atoms with van der Waals surface area (Å²) in [6.45, 7) is 2.57. The summed E-state index contributed by atoms with van der Waals surface area (Å²) in [5.74, 6) is 0.594. The molecular formula is C21H22N4O5S. The number of hydrogen-bond acceptors (Lipinski definition) is 7. The molecule has 0 spiro atoms. The molecule has 162 valence electrons. The average Bonchev–Trinajstić information content (AvgIpc) is 2.78. The molecule has 0 bridgehead atoms. The highest BCUT2D eigenvalue weighted by molar-refractivity contribution is 7.92. The zero-order valence-corrected chi connectivity index (χ0v) is 17.8. The van der Waals surface area contributed by atoms with Gasteiger partial charge in [-0.1, -0.05) is 13.0 Å². The maximum atomic E-state index is 12.6. The Morgan fingerprint density at radius 1 is 1.06 bits per heavy atom. The predicted molar refractivity (Wildman–Crippen MR) is 116 cm³/mol. The summed E-state index contributed by atoms with van der Waals surface area (Å²) in [4.78, 5) is 20.2. The number of nitrogens with one attached hydrogen (secondary N) is 2. The molecule has 0 radical (unpaired) electrons. The van der Waals surface area contributed by atoms with E-state index in [1.54, 1.807) is 24.3 Å². The van der Waals surface area contributed by atoms with Gasteiger partial charge in [0, 0.05) is 17.3 Å². The van der Waals surface area contributed by atoms with E-state index in [2.05, 4.69) is 20.0 Å². The van der Waals surface area contributed by atoms with Gasteiger partial charge < -0.3 is 14.8 Å². The second-order valence-corrected chi connectivity index (χ2v) is 8.09. The Labute approximate surface area is 180 Å². The van der Waals surface area contributed by atoms with Gasteiger partial charge in [0.05, 0.1) is 18.6 Å². The molecule has 31 heavy (non-hydrogen) atoms. The highest BCUT2D eigenvalue weighted by atomic mass is 32.2. The summed E-state index contributed by atoms with van der Waals surface area (Å²) >= 11 is 0. The normalized spacial score (nSPS) is 10.9. The first-order valence-electron chi connectivity index (χ1n) is 9.44. The standard InChI is InChI=1S/C21H22N4O5S/c1-3-11-30-17-6-4-5-15(12-17)21(26)24-16-7-9-18(10-8-16)31(27,28)25-19-13-20(29-2)23-14-22-19/h4-10,12-14H,3,11H2,1-2H3,(H,24,26)(H,22,23,25). The van der Waals surface area contributed by atoms with Crippen molar-refractivity contribution in [2.45, 2.75) is 18.2 Å². The topological polar surface area (TPSA) is 120 Å². The van der Waals surface area contributed by atoms with Crippen molar-refractivity contribution in [1.29, 1.82) is 0 Å². The van der Waals surface area contributed by atoms with Crippen LogP contribution in [0.3, 0.4) is 0 Å². The first kappa shape index (κ1) is 22.0. The Morgan fingerprint density at radius 2 is 1.84 bits per heavy atom. The molecular weight excluding hydrogens is 420 g/mol. The quantitative estimate of drug-likeness (QED) is 0.522. The van der Waals surface area contributed by atoms with E-state index < -0.39 is 10.0 Å². The average molecular weight is 442 g/mol. The SMILES string of the molecule is CCCOc1cccc(C(=O)Nc2ccc(S(=O)(=O)Nc3cc(OC)ncn3)cc2)c1. The Hall–Kier alpha value is -3.66. The third-order valence-electron chi connectivity index (χ3n) is 4.08. The van der Waals surface area contributed by atoms with Crippen LogP contribution in [0.5, 0.6) is 11.6 Å². The molecule has 3 aromatic rings. The van der Waals surface area contributed by atoms with E-state index in [1.807, 2.05) is 6.92 Å². The summed E-state index contributed by atoms with van der Waals surface area (Å²) in [5.41, 5.74) is 0.886. The van der Waals surface area contributed by atoms with Gasteiger partial charge >= 0.3 is 0 Å². The van der Waals surface area contributed by atoms with Gasteiger partial charge in [0.15, 0.2) is 0 Å². The van der Waals surface area contributed by atoms with Crippen LogP contribution in [0.2, 0.25) is 0 Å². The summed E-state index contributed by atoms with van der Waals surface area (Å²) in [6, 6.07) is 14.0. The summed E-state index contributed by atoms with van der Waals surface area (Å²) in [7, 11) is -2.46. The molecule has 0 aliphatic rings. The lowest BCUT2D eigenvalue weighted by Crippen LogP contribution is -2.15. The molecule has 0 aliphatic carbocycles. The van der Waals surface area contributed by atoms with Crippen LogP contribution >= 0.6 is 0 Å². The van der Waals surface area contributed by atoms with E-state index in [0.717, 1.165) is 6.42 Å². The molecule has 1 aromatic heterocycles. The second-order valence-electron chi connectivity index (χ2n) is 6.41. The van der Waals surface area contributed by atoms with Gasteiger partial charge in [0.25, 0.3) is 15.9 Å². The molecule has 3 rings (SSSR count). The zero-order valence-electron chi connectivity index (χ0n) is 17.0. The molecule has 0 aliphatic heterocycles. The van der Waals surface area contributed by atoms with Crippen molar-refractivity contribution in [1.82, 2.24) is 9.97 Å². The lowest BCUT2D eigenvalue weighted by molar-refractivity contribution is 0.102. The highest BCUT2D eigenvalue weighted by Gasteiger charge is 2.16. The number of sulfonamides is 1.